The zero-order chi connectivity index (χ0) is 15.0. The fourth-order valence-corrected chi connectivity index (χ4v) is 1.91. The van der Waals surface area contributed by atoms with E-state index in [0.717, 1.165) is 36.5 Å². The van der Waals surface area contributed by atoms with E-state index in [-0.39, 0.29) is 5.11 Å². The maximum Gasteiger partial charge on any atom is 0.184 e. The van der Waals surface area contributed by atoms with Gasteiger partial charge < -0.3 is 10.5 Å². The topological polar surface area (TPSA) is 62.9 Å². The van der Waals surface area contributed by atoms with Crippen LogP contribution in [0.1, 0.15) is 25.0 Å². The van der Waals surface area contributed by atoms with Crippen LogP contribution in [0, 0.1) is 0 Å². The summed E-state index contributed by atoms with van der Waals surface area (Å²) < 4.78 is 5.41. The van der Waals surface area contributed by atoms with E-state index in [2.05, 4.69) is 35.3 Å². The smallest absolute Gasteiger partial charge is 0.184 e. The number of hydrogen-bond acceptors (Lipinski definition) is 4. The van der Waals surface area contributed by atoms with Crippen LogP contribution in [0.25, 0.3) is 0 Å². The van der Waals surface area contributed by atoms with Gasteiger partial charge in [0.05, 0.1) is 13.3 Å². The molecule has 0 aliphatic heterocycles. The van der Waals surface area contributed by atoms with Crippen LogP contribution in [0.4, 0.5) is 0 Å². The van der Waals surface area contributed by atoms with Crippen LogP contribution in [0.5, 0.6) is 5.75 Å². The number of benzene rings is 1. The Kier molecular flexibility index (Phi) is 6.97. The van der Waals surface area contributed by atoms with E-state index in [1.54, 1.807) is 13.3 Å². The van der Waals surface area contributed by atoms with E-state index < -0.39 is 0 Å². The molecular formula is C14H22N4OS. The molecule has 0 aliphatic rings. The number of hydrazone groups is 1. The molecule has 110 valence electrons. The number of ether oxygens (including phenoxy) is 1. The highest BCUT2D eigenvalue weighted by Gasteiger charge is 2.07. The summed E-state index contributed by atoms with van der Waals surface area (Å²) in [5, 5.41) is 4.11. The van der Waals surface area contributed by atoms with Gasteiger partial charge in [0.15, 0.2) is 5.11 Å². The Hall–Kier alpha value is -1.66. The maximum absolute atomic E-state index is 5.41. The first-order chi connectivity index (χ1) is 9.60. The lowest BCUT2D eigenvalue weighted by Gasteiger charge is -2.19. The van der Waals surface area contributed by atoms with Crippen molar-refractivity contribution in [2.75, 3.05) is 20.2 Å². The highest BCUT2D eigenvalue weighted by atomic mass is 32.1. The van der Waals surface area contributed by atoms with Crippen LogP contribution >= 0.6 is 12.2 Å². The molecule has 0 amide bonds. The number of hydrogen-bond donors (Lipinski definition) is 2. The van der Waals surface area contributed by atoms with Crippen molar-refractivity contribution in [1.29, 1.82) is 0 Å². The van der Waals surface area contributed by atoms with Crippen molar-refractivity contribution in [3.05, 3.63) is 29.3 Å². The van der Waals surface area contributed by atoms with Crippen LogP contribution in [0.3, 0.4) is 0 Å². The summed E-state index contributed by atoms with van der Waals surface area (Å²) in [6, 6.07) is 5.94. The molecule has 0 saturated carbocycles. The lowest BCUT2D eigenvalue weighted by molar-refractivity contribution is 0.289. The van der Waals surface area contributed by atoms with Gasteiger partial charge in [-0.2, -0.15) is 5.10 Å². The number of nitrogens with zero attached hydrogens (tertiary/aromatic N) is 2. The number of thiocarbonyl (C=S) groups is 1. The summed E-state index contributed by atoms with van der Waals surface area (Å²) in [7, 11) is 1.68. The van der Waals surface area contributed by atoms with Crippen LogP contribution < -0.4 is 15.9 Å². The van der Waals surface area contributed by atoms with Crippen molar-refractivity contribution in [2.45, 2.75) is 20.4 Å². The molecule has 1 aromatic carbocycles. The highest BCUT2D eigenvalue weighted by Crippen LogP contribution is 2.21. The lowest BCUT2D eigenvalue weighted by Crippen LogP contribution is -2.24. The number of nitrogens with one attached hydrogen (secondary N) is 1. The Labute approximate surface area is 125 Å². The largest absolute Gasteiger partial charge is 0.496 e. The Balaban J connectivity index is 2.90. The van der Waals surface area contributed by atoms with Gasteiger partial charge in [-0.15, -0.1) is 0 Å². The molecule has 3 N–H and O–H groups in total. The van der Waals surface area contributed by atoms with Crippen molar-refractivity contribution < 1.29 is 4.74 Å². The molecule has 6 heteroatoms. The first-order valence-electron chi connectivity index (χ1n) is 6.58. The summed E-state index contributed by atoms with van der Waals surface area (Å²) in [6.45, 7) is 7.14. The van der Waals surface area contributed by atoms with Gasteiger partial charge in [-0.3, -0.25) is 10.3 Å². The van der Waals surface area contributed by atoms with Crippen molar-refractivity contribution in [1.82, 2.24) is 10.3 Å². The molecule has 0 radical (unpaired) electrons. The standard InChI is InChI=1S/C14H22N4OS/c1-4-18(5-2)10-12-8-11(6-7-13(12)19-3)9-16-17-14(15)20/h6-9H,4-5,10H2,1-3H3,(H3,15,17,20). The van der Waals surface area contributed by atoms with Crippen molar-refractivity contribution in [2.24, 2.45) is 10.8 Å². The van der Waals surface area contributed by atoms with Gasteiger partial charge in [0.2, 0.25) is 0 Å². The Morgan fingerprint density at radius 3 is 2.70 bits per heavy atom. The van der Waals surface area contributed by atoms with E-state index in [1.807, 2.05) is 12.1 Å². The molecule has 1 aromatic rings. The minimum atomic E-state index is 0.151. The minimum absolute atomic E-state index is 0.151. The molecule has 0 aromatic heterocycles. The second-order valence-corrected chi connectivity index (χ2v) is 4.71. The second kappa shape index (κ2) is 8.50. The zero-order valence-corrected chi connectivity index (χ0v) is 13.0. The van der Waals surface area contributed by atoms with Crippen molar-refractivity contribution in [3.8, 4) is 5.75 Å². The van der Waals surface area contributed by atoms with Crippen LogP contribution in [-0.2, 0) is 6.54 Å². The van der Waals surface area contributed by atoms with Crippen LogP contribution in [0.2, 0.25) is 0 Å². The van der Waals surface area contributed by atoms with Gasteiger partial charge in [0, 0.05) is 12.1 Å². The van der Waals surface area contributed by atoms with Crippen LogP contribution in [-0.4, -0.2) is 36.4 Å². The molecule has 20 heavy (non-hydrogen) atoms. The molecule has 0 aliphatic carbocycles. The first-order valence-corrected chi connectivity index (χ1v) is 6.99. The third kappa shape index (κ3) is 5.14. The Bertz CT molecular complexity index is 472. The fraction of sp³-hybridized carbons (Fsp3) is 0.429. The summed E-state index contributed by atoms with van der Waals surface area (Å²) in [4.78, 5) is 2.33. The predicted molar refractivity (Wildman–Crippen MR) is 87.1 cm³/mol. The first kappa shape index (κ1) is 16.4. The zero-order valence-electron chi connectivity index (χ0n) is 12.2. The Morgan fingerprint density at radius 2 is 2.15 bits per heavy atom. The molecule has 1 rings (SSSR count). The van der Waals surface area contributed by atoms with Gasteiger partial charge in [-0.1, -0.05) is 13.8 Å². The average molecular weight is 294 g/mol. The van der Waals surface area contributed by atoms with Gasteiger partial charge in [-0.05, 0) is 49.1 Å². The lowest BCUT2D eigenvalue weighted by atomic mass is 10.1. The molecule has 0 unspecified atom stereocenters. The predicted octanol–water partition coefficient (Wildman–Crippen LogP) is 1.70. The molecule has 0 atom stereocenters. The third-order valence-corrected chi connectivity index (χ3v) is 3.07. The van der Waals surface area contributed by atoms with Crippen LogP contribution in [0.15, 0.2) is 23.3 Å². The normalized spacial score (nSPS) is 11.0. The summed E-state index contributed by atoms with van der Waals surface area (Å²) in [5.74, 6) is 0.886. The molecule has 5 nitrogen and oxygen atoms in total. The monoisotopic (exact) mass is 294 g/mol. The third-order valence-electron chi connectivity index (χ3n) is 2.98. The van der Waals surface area contributed by atoms with Gasteiger partial charge in [0.1, 0.15) is 5.75 Å². The van der Waals surface area contributed by atoms with Gasteiger partial charge >= 0.3 is 0 Å². The molecule has 0 bridgehead atoms. The van der Waals surface area contributed by atoms with E-state index in [0.29, 0.717) is 0 Å². The van der Waals surface area contributed by atoms with Gasteiger partial charge in [-0.25, -0.2) is 0 Å². The highest BCUT2D eigenvalue weighted by molar-refractivity contribution is 7.80. The Morgan fingerprint density at radius 1 is 1.45 bits per heavy atom. The van der Waals surface area contributed by atoms with Crippen molar-refractivity contribution in [3.63, 3.8) is 0 Å². The molecule has 0 saturated heterocycles. The number of nitrogens with two attached hydrogens (primary N) is 1. The molecule has 0 heterocycles. The fourth-order valence-electron chi connectivity index (χ4n) is 1.86. The maximum atomic E-state index is 5.41. The summed E-state index contributed by atoms with van der Waals surface area (Å²) in [6.07, 6.45) is 1.68. The van der Waals surface area contributed by atoms with E-state index in [4.69, 9.17) is 22.7 Å². The van der Waals surface area contributed by atoms with E-state index in [1.165, 1.54) is 0 Å². The molecule has 0 spiro atoms. The van der Waals surface area contributed by atoms with Gasteiger partial charge in [0.25, 0.3) is 0 Å². The molecular weight excluding hydrogens is 272 g/mol. The quantitative estimate of drug-likeness (QED) is 0.455. The van der Waals surface area contributed by atoms with E-state index in [9.17, 15) is 0 Å². The average Bonchev–Trinajstić information content (AvgIpc) is 2.44. The summed E-state index contributed by atoms with van der Waals surface area (Å²) in [5.41, 5.74) is 9.96. The molecule has 0 fully saturated rings. The number of methoxy groups -OCH3 is 1. The second-order valence-electron chi connectivity index (χ2n) is 4.27. The minimum Gasteiger partial charge on any atom is -0.496 e. The summed E-state index contributed by atoms with van der Waals surface area (Å²) >= 11 is 4.69. The van der Waals surface area contributed by atoms with E-state index >= 15 is 0 Å². The SMILES string of the molecule is CCN(CC)Cc1cc(C=NNC(N)=S)ccc1OC. The van der Waals surface area contributed by atoms with Crippen molar-refractivity contribution >= 4 is 23.5 Å². The number of rotatable bonds is 7.